The maximum absolute atomic E-state index is 13.7. The molecule has 1 aromatic carbocycles. The number of aromatic nitrogens is 4. The standard InChI is InChI=1S/C22H25N7O3/c1-23-22-24-11-16-19(26-22)28-8-4-5-14(28)12-29(21(16)31)17-7-3-6-15-18(17)25-13-27(20(15)30)9-10-32-2/h3,6-7,11,13-14H,4-5,8-10,12H2,1-2H3,(H,23,24,26)/t14-/m0/s1. The maximum atomic E-state index is 13.7. The lowest BCUT2D eigenvalue weighted by atomic mass is 10.1. The number of anilines is 3. The molecule has 3 aromatic rings. The van der Waals surface area contributed by atoms with E-state index in [0.29, 0.717) is 53.6 Å². The molecule has 0 saturated carbocycles. The number of benzene rings is 1. The number of amides is 1. The van der Waals surface area contributed by atoms with Crippen molar-refractivity contribution in [3.63, 3.8) is 0 Å². The Morgan fingerprint density at radius 3 is 2.94 bits per heavy atom. The smallest absolute Gasteiger partial charge is 0.263 e. The fraction of sp³-hybridized carbons (Fsp3) is 0.409. The second-order valence-electron chi connectivity index (χ2n) is 8.00. The summed E-state index contributed by atoms with van der Waals surface area (Å²) >= 11 is 0. The number of hydrogen-bond acceptors (Lipinski definition) is 8. The first-order valence-electron chi connectivity index (χ1n) is 10.7. The van der Waals surface area contributed by atoms with Gasteiger partial charge in [-0.25, -0.2) is 9.97 Å². The number of para-hydroxylation sites is 1. The van der Waals surface area contributed by atoms with Gasteiger partial charge in [0.1, 0.15) is 16.9 Å². The van der Waals surface area contributed by atoms with Gasteiger partial charge in [0.25, 0.3) is 11.5 Å². The van der Waals surface area contributed by atoms with Gasteiger partial charge in [-0.15, -0.1) is 0 Å². The van der Waals surface area contributed by atoms with Crippen LogP contribution < -0.4 is 20.7 Å². The minimum atomic E-state index is -0.185. The molecule has 4 heterocycles. The predicted molar refractivity (Wildman–Crippen MR) is 122 cm³/mol. The minimum absolute atomic E-state index is 0.136. The largest absolute Gasteiger partial charge is 0.383 e. The molecule has 0 bridgehead atoms. The van der Waals surface area contributed by atoms with Crippen molar-refractivity contribution in [2.75, 3.05) is 49.0 Å². The second kappa shape index (κ2) is 8.19. The summed E-state index contributed by atoms with van der Waals surface area (Å²) in [6, 6.07) is 5.53. The summed E-state index contributed by atoms with van der Waals surface area (Å²) in [6.07, 6.45) is 5.10. The van der Waals surface area contributed by atoms with Crippen LogP contribution in [-0.4, -0.2) is 65.3 Å². The van der Waals surface area contributed by atoms with E-state index in [9.17, 15) is 9.59 Å². The first-order valence-corrected chi connectivity index (χ1v) is 10.7. The Bertz CT molecular complexity index is 1240. The zero-order chi connectivity index (χ0) is 22.2. The number of hydrogen-bond donors (Lipinski definition) is 1. The van der Waals surface area contributed by atoms with Crippen LogP contribution in [0.2, 0.25) is 0 Å². The molecule has 0 spiro atoms. The molecule has 0 radical (unpaired) electrons. The number of carbonyl (C=O) groups excluding carboxylic acids is 1. The van der Waals surface area contributed by atoms with Gasteiger partial charge in [0.15, 0.2) is 0 Å². The Kier molecular flexibility index (Phi) is 5.22. The number of rotatable bonds is 5. The summed E-state index contributed by atoms with van der Waals surface area (Å²) in [7, 11) is 3.35. The van der Waals surface area contributed by atoms with Crippen molar-refractivity contribution in [1.29, 1.82) is 0 Å². The molecule has 1 saturated heterocycles. The van der Waals surface area contributed by atoms with Gasteiger partial charge >= 0.3 is 0 Å². The number of ether oxygens (including phenoxy) is 1. The highest BCUT2D eigenvalue weighted by atomic mass is 16.5. The van der Waals surface area contributed by atoms with E-state index >= 15 is 0 Å². The molecule has 5 rings (SSSR count). The number of methoxy groups -OCH3 is 1. The van der Waals surface area contributed by atoms with E-state index in [2.05, 4.69) is 25.2 Å². The van der Waals surface area contributed by atoms with Crippen LogP contribution in [0.1, 0.15) is 23.2 Å². The van der Waals surface area contributed by atoms with Gasteiger partial charge in [-0.3, -0.25) is 14.2 Å². The van der Waals surface area contributed by atoms with Gasteiger partial charge < -0.3 is 19.9 Å². The molecule has 1 N–H and O–H groups in total. The third-order valence-electron chi connectivity index (χ3n) is 6.17. The van der Waals surface area contributed by atoms with Crippen LogP contribution in [0.3, 0.4) is 0 Å². The summed E-state index contributed by atoms with van der Waals surface area (Å²) in [6.45, 7) is 2.18. The SMILES string of the molecule is CNc1ncc2c(n1)N1CCC[C@H]1CN(c1cccc3c(=O)n(CCOC)cnc13)C2=O. The zero-order valence-electron chi connectivity index (χ0n) is 18.1. The highest BCUT2D eigenvalue weighted by Crippen LogP contribution is 2.35. The fourth-order valence-electron chi connectivity index (χ4n) is 4.56. The van der Waals surface area contributed by atoms with Crippen molar-refractivity contribution in [3.8, 4) is 0 Å². The Balaban J connectivity index is 1.63. The quantitative estimate of drug-likeness (QED) is 0.643. The monoisotopic (exact) mass is 435 g/mol. The lowest BCUT2D eigenvalue weighted by molar-refractivity contribution is 0.0988. The lowest BCUT2D eigenvalue weighted by Gasteiger charge is -2.27. The molecule has 10 heteroatoms. The van der Waals surface area contributed by atoms with Crippen molar-refractivity contribution < 1.29 is 9.53 Å². The predicted octanol–water partition coefficient (Wildman–Crippen LogP) is 1.50. The van der Waals surface area contributed by atoms with E-state index in [1.54, 1.807) is 37.4 Å². The highest BCUT2D eigenvalue weighted by Gasteiger charge is 2.38. The topological polar surface area (TPSA) is 105 Å². The highest BCUT2D eigenvalue weighted by molar-refractivity contribution is 6.13. The first-order chi connectivity index (χ1) is 15.6. The van der Waals surface area contributed by atoms with E-state index < -0.39 is 0 Å². The van der Waals surface area contributed by atoms with E-state index in [0.717, 1.165) is 19.4 Å². The van der Waals surface area contributed by atoms with Crippen LogP contribution in [0.15, 0.2) is 35.5 Å². The summed E-state index contributed by atoms with van der Waals surface area (Å²) in [4.78, 5) is 44.1. The van der Waals surface area contributed by atoms with Crippen molar-refractivity contribution >= 4 is 34.3 Å². The number of nitrogens with zero attached hydrogens (tertiary/aromatic N) is 6. The van der Waals surface area contributed by atoms with Gasteiger partial charge in [-0.1, -0.05) is 6.07 Å². The van der Waals surface area contributed by atoms with Gasteiger partial charge in [0.05, 0.1) is 30.6 Å². The normalized spacial score (nSPS) is 17.9. The zero-order valence-corrected chi connectivity index (χ0v) is 18.1. The molecular formula is C22H25N7O3. The van der Waals surface area contributed by atoms with Crippen LogP contribution in [0, 0.1) is 0 Å². The fourth-order valence-corrected chi connectivity index (χ4v) is 4.56. The Morgan fingerprint density at radius 1 is 1.25 bits per heavy atom. The molecule has 1 amide bonds. The van der Waals surface area contributed by atoms with Crippen LogP contribution in [-0.2, 0) is 11.3 Å². The van der Waals surface area contributed by atoms with E-state index in [-0.39, 0.29) is 17.5 Å². The van der Waals surface area contributed by atoms with Crippen molar-refractivity contribution in [3.05, 3.63) is 46.6 Å². The third-order valence-corrected chi connectivity index (χ3v) is 6.17. The number of fused-ring (bicyclic) bond motifs is 4. The van der Waals surface area contributed by atoms with Crippen LogP contribution >= 0.6 is 0 Å². The molecule has 32 heavy (non-hydrogen) atoms. The molecule has 2 aliphatic rings. The average Bonchev–Trinajstić information content (AvgIpc) is 3.25. The van der Waals surface area contributed by atoms with Gasteiger partial charge in [0, 0.05) is 39.5 Å². The van der Waals surface area contributed by atoms with E-state index in [1.165, 1.54) is 10.9 Å². The molecular weight excluding hydrogens is 410 g/mol. The molecule has 2 aliphatic heterocycles. The number of nitrogens with one attached hydrogen (secondary N) is 1. The van der Waals surface area contributed by atoms with Gasteiger partial charge in [-0.05, 0) is 25.0 Å². The van der Waals surface area contributed by atoms with E-state index in [4.69, 9.17) is 4.74 Å². The van der Waals surface area contributed by atoms with Gasteiger partial charge in [0.2, 0.25) is 5.95 Å². The van der Waals surface area contributed by atoms with Crippen molar-refractivity contribution in [1.82, 2.24) is 19.5 Å². The summed E-state index contributed by atoms with van der Waals surface area (Å²) in [5.74, 6) is 0.962. The van der Waals surface area contributed by atoms with Crippen LogP contribution in [0.25, 0.3) is 10.9 Å². The van der Waals surface area contributed by atoms with E-state index in [1.807, 2.05) is 6.07 Å². The minimum Gasteiger partial charge on any atom is -0.383 e. The third kappa shape index (κ3) is 3.27. The summed E-state index contributed by atoms with van der Waals surface area (Å²) < 4.78 is 6.62. The first kappa shape index (κ1) is 20.4. The lowest BCUT2D eigenvalue weighted by Crippen LogP contribution is -2.40. The Hall–Kier alpha value is -3.53. The molecule has 166 valence electrons. The molecule has 10 nitrogen and oxygen atoms in total. The Morgan fingerprint density at radius 2 is 2.12 bits per heavy atom. The van der Waals surface area contributed by atoms with Crippen molar-refractivity contribution in [2.24, 2.45) is 0 Å². The molecule has 1 atom stereocenters. The maximum Gasteiger partial charge on any atom is 0.263 e. The van der Waals surface area contributed by atoms with Gasteiger partial charge in [-0.2, -0.15) is 4.98 Å². The second-order valence-corrected chi connectivity index (χ2v) is 8.00. The van der Waals surface area contributed by atoms with Crippen LogP contribution in [0.4, 0.5) is 17.5 Å². The molecule has 2 aromatic heterocycles. The Labute approximate surface area is 184 Å². The number of carbonyl (C=O) groups is 1. The van der Waals surface area contributed by atoms with Crippen LogP contribution in [0.5, 0.6) is 0 Å². The molecule has 0 aliphatic carbocycles. The molecule has 1 fully saturated rings. The summed E-state index contributed by atoms with van der Waals surface area (Å²) in [5.41, 5.74) is 1.45. The summed E-state index contributed by atoms with van der Waals surface area (Å²) in [5, 5.41) is 3.43. The molecule has 0 unspecified atom stereocenters. The average molecular weight is 435 g/mol. The van der Waals surface area contributed by atoms with Crippen molar-refractivity contribution in [2.45, 2.75) is 25.4 Å².